The largest absolute Gasteiger partial charge is 0.278 e. The summed E-state index contributed by atoms with van der Waals surface area (Å²) in [5.74, 6) is 0.643. The first-order chi connectivity index (χ1) is 11.5. The lowest BCUT2D eigenvalue weighted by Gasteiger charge is -2.09. The minimum Gasteiger partial charge on any atom is -0.278 e. The summed E-state index contributed by atoms with van der Waals surface area (Å²) in [6.45, 7) is 10.7. The fourth-order valence-corrected chi connectivity index (χ4v) is 2.73. The molecule has 1 atom stereocenters. The predicted octanol–water partition coefficient (Wildman–Crippen LogP) is 6.02. The first-order valence-electron chi connectivity index (χ1n) is 8.75. The van der Waals surface area contributed by atoms with E-state index in [0.717, 1.165) is 35.1 Å². The van der Waals surface area contributed by atoms with Crippen LogP contribution in [0, 0.1) is 19.8 Å². The molecule has 0 aliphatic heterocycles. The standard InChI is InChI=1S/C21H29N3/c1-15(2)8-6-9-16(3)12-13-22-24-20-14-18(5)23-21-17(4)10-7-11-19(20)21/h7-8,10-11,13-14,16H,6,9,12H2,1-5H3,(H,23,24). The first-order valence-corrected chi connectivity index (χ1v) is 8.75. The highest BCUT2D eigenvalue weighted by atomic mass is 15.3. The third-order valence-corrected chi connectivity index (χ3v) is 4.17. The maximum Gasteiger partial charge on any atom is 0.0755 e. The molecule has 0 saturated carbocycles. The molecule has 24 heavy (non-hydrogen) atoms. The summed E-state index contributed by atoms with van der Waals surface area (Å²) < 4.78 is 0. The van der Waals surface area contributed by atoms with Gasteiger partial charge in [0.15, 0.2) is 0 Å². The second kappa shape index (κ2) is 8.62. The number of fused-ring (bicyclic) bond motifs is 1. The summed E-state index contributed by atoms with van der Waals surface area (Å²) in [7, 11) is 0. The number of aryl methyl sites for hydroxylation is 2. The molecule has 1 aromatic heterocycles. The van der Waals surface area contributed by atoms with Crippen molar-refractivity contribution in [1.82, 2.24) is 4.98 Å². The zero-order valence-corrected chi connectivity index (χ0v) is 15.6. The number of allylic oxidation sites excluding steroid dienone is 2. The first kappa shape index (κ1) is 18.2. The molecular formula is C21H29N3. The van der Waals surface area contributed by atoms with Crippen LogP contribution in [0.25, 0.3) is 10.9 Å². The monoisotopic (exact) mass is 323 g/mol. The zero-order valence-electron chi connectivity index (χ0n) is 15.6. The molecule has 3 nitrogen and oxygen atoms in total. The van der Waals surface area contributed by atoms with Gasteiger partial charge in [-0.3, -0.25) is 10.4 Å². The van der Waals surface area contributed by atoms with Crippen LogP contribution in [0.5, 0.6) is 0 Å². The number of aromatic nitrogens is 1. The van der Waals surface area contributed by atoms with Gasteiger partial charge in [0, 0.05) is 17.3 Å². The predicted molar refractivity (Wildman–Crippen MR) is 106 cm³/mol. The number of hydrogen-bond donors (Lipinski definition) is 1. The number of benzene rings is 1. The second-order valence-corrected chi connectivity index (χ2v) is 6.91. The van der Waals surface area contributed by atoms with E-state index in [-0.39, 0.29) is 0 Å². The van der Waals surface area contributed by atoms with Gasteiger partial charge in [-0.05, 0) is 64.5 Å². The van der Waals surface area contributed by atoms with Crippen molar-refractivity contribution in [3.63, 3.8) is 0 Å². The van der Waals surface area contributed by atoms with Gasteiger partial charge in [0.25, 0.3) is 0 Å². The number of nitrogens with one attached hydrogen (secondary N) is 1. The van der Waals surface area contributed by atoms with Crippen LogP contribution in [0.1, 0.15) is 51.3 Å². The van der Waals surface area contributed by atoms with E-state index in [0.29, 0.717) is 5.92 Å². The summed E-state index contributed by atoms with van der Waals surface area (Å²) in [5.41, 5.74) is 8.86. The maximum absolute atomic E-state index is 4.64. The highest BCUT2D eigenvalue weighted by molar-refractivity contribution is 5.93. The van der Waals surface area contributed by atoms with Crippen molar-refractivity contribution < 1.29 is 0 Å². The van der Waals surface area contributed by atoms with Gasteiger partial charge in [0.2, 0.25) is 0 Å². The lowest BCUT2D eigenvalue weighted by atomic mass is 10.0. The second-order valence-electron chi connectivity index (χ2n) is 6.91. The maximum atomic E-state index is 4.64. The van der Waals surface area contributed by atoms with E-state index in [1.54, 1.807) is 0 Å². The Labute approximate surface area is 145 Å². The molecule has 0 amide bonds. The van der Waals surface area contributed by atoms with Gasteiger partial charge in [0.05, 0.1) is 11.2 Å². The molecule has 0 bridgehead atoms. The number of nitrogens with zero attached hydrogens (tertiary/aromatic N) is 2. The van der Waals surface area contributed by atoms with E-state index in [1.165, 1.54) is 17.6 Å². The number of pyridine rings is 1. The number of rotatable bonds is 7. The van der Waals surface area contributed by atoms with E-state index in [1.807, 2.05) is 13.1 Å². The fraction of sp³-hybridized carbons (Fsp3) is 0.429. The topological polar surface area (TPSA) is 37.3 Å². The van der Waals surface area contributed by atoms with E-state index in [9.17, 15) is 0 Å². The van der Waals surface area contributed by atoms with Gasteiger partial charge in [0.1, 0.15) is 0 Å². The fourth-order valence-electron chi connectivity index (χ4n) is 2.73. The van der Waals surface area contributed by atoms with E-state index < -0.39 is 0 Å². The van der Waals surface area contributed by atoms with Gasteiger partial charge in [-0.25, -0.2) is 0 Å². The Kier molecular flexibility index (Phi) is 6.53. The highest BCUT2D eigenvalue weighted by Crippen LogP contribution is 2.25. The van der Waals surface area contributed by atoms with Crippen molar-refractivity contribution in [3.05, 3.63) is 47.2 Å². The van der Waals surface area contributed by atoms with Crippen molar-refractivity contribution >= 4 is 22.8 Å². The van der Waals surface area contributed by atoms with Crippen LogP contribution in [0.3, 0.4) is 0 Å². The van der Waals surface area contributed by atoms with Gasteiger partial charge in [-0.2, -0.15) is 5.10 Å². The Balaban J connectivity index is 1.98. The SMILES string of the molecule is CC(C)=CCCC(C)CC=NNc1cc(C)nc2c(C)cccc12. The molecule has 1 heterocycles. The number of hydrazone groups is 1. The molecule has 0 radical (unpaired) electrons. The van der Waals surface area contributed by atoms with E-state index in [4.69, 9.17) is 0 Å². The molecule has 0 aliphatic rings. The van der Waals surface area contributed by atoms with Crippen molar-refractivity contribution in [2.24, 2.45) is 11.0 Å². The van der Waals surface area contributed by atoms with Crippen molar-refractivity contribution in [1.29, 1.82) is 0 Å². The smallest absolute Gasteiger partial charge is 0.0755 e. The van der Waals surface area contributed by atoms with Gasteiger partial charge < -0.3 is 0 Å². The zero-order chi connectivity index (χ0) is 17.5. The Morgan fingerprint density at radius 2 is 2.08 bits per heavy atom. The molecule has 1 N–H and O–H groups in total. The molecule has 1 aromatic carbocycles. The molecule has 128 valence electrons. The number of hydrogen-bond acceptors (Lipinski definition) is 3. The molecule has 0 spiro atoms. The number of anilines is 1. The van der Waals surface area contributed by atoms with Crippen LogP contribution in [0.4, 0.5) is 5.69 Å². The summed E-state index contributed by atoms with van der Waals surface area (Å²) in [4.78, 5) is 4.64. The lowest BCUT2D eigenvalue weighted by Crippen LogP contribution is -1.98. The Morgan fingerprint density at radius 1 is 1.29 bits per heavy atom. The van der Waals surface area contributed by atoms with Gasteiger partial charge >= 0.3 is 0 Å². The van der Waals surface area contributed by atoms with Gasteiger partial charge in [-0.15, -0.1) is 0 Å². The van der Waals surface area contributed by atoms with Crippen LogP contribution in [-0.4, -0.2) is 11.2 Å². The van der Waals surface area contributed by atoms with Crippen molar-refractivity contribution in [2.75, 3.05) is 5.43 Å². The number of para-hydroxylation sites is 1. The van der Waals surface area contributed by atoms with E-state index in [2.05, 4.69) is 73.5 Å². The van der Waals surface area contributed by atoms with Crippen LogP contribution in [0.15, 0.2) is 41.0 Å². The molecule has 0 aliphatic carbocycles. The van der Waals surface area contributed by atoms with Crippen molar-refractivity contribution in [3.8, 4) is 0 Å². The van der Waals surface area contributed by atoms with Crippen LogP contribution < -0.4 is 5.43 Å². The Hall–Kier alpha value is -2.16. The molecule has 3 heteroatoms. The normalized spacial score (nSPS) is 12.5. The molecule has 1 unspecified atom stereocenters. The quantitative estimate of drug-likeness (QED) is 0.384. The summed E-state index contributed by atoms with van der Waals surface area (Å²) in [6, 6.07) is 8.30. The molecule has 0 saturated heterocycles. The van der Waals surface area contributed by atoms with Crippen LogP contribution in [-0.2, 0) is 0 Å². The van der Waals surface area contributed by atoms with Crippen LogP contribution >= 0.6 is 0 Å². The summed E-state index contributed by atoms with van der Waals surface area (Å²) in [6.07, 6.45) is 7.64. The minimum absolute atomic E-state index is 0.643. The van der Waals surface area contributed by atoms with Gasteiger partial charge in [-0.1, -0.05) is 36.8 Å². The Morgan fingerprint density at radius 3 is 2.83 bits per heavy atom. The average Bonchev–Trinajstić information content (AvgIpc) is 2.52. The minimum atomic E-state index is 0.643. The highest BCUT2D eigenvalue weighted by Gasteiger charge is 2.05. The third-order valence-electron chi connectivity index (χ3n) is 4.17. The summed E-state index contributed by atoms with van der Waals surface area (Å²) in [5, 5.41) is 5.55. The lowest BCUT2D eigenvalue weighted by molar-refractivity contribution is 0.563. The third kappa shape index (κ3) is 5.19. The summed E-state index contributed by atoms with van der Waals surface area (Å²) >= 11 is 0. The van der Waals surface area contributed by atoms with Crippen molar-refractivity contribution in [2.45, 2.75) is 53.9 Å². The molecule has 2 aromatic rings. The average molecular weight is 323 g/mol. The Bertz CT molecular complexity index is 740. The molecule has 0 fully saturated rings. The molecular weight excluding hydrogens is 294 g/mol. The van der Waals surface area contributed by atoms with E-state index >= 15 is 0 Å². The molecule has 2 rings (SSSR count). The van der Waals surface area contributed by atoms with Crippen LogP contribution in [0.2, 0.25) is 0 Å².